The first-order valence-electron chi connectivity index (χ1n) is 12.3. The van der Waals surface area contributed by atoms with Crippen LogP contribution in [0.15, 0.2) is 60.8 Å². The highest BCUT2D eigenvalue weighted by atomic mass is 15.0. The molecule has 4 aromatic rings. The molecule has 0 bridgehead atoms. The van der Waals surface area contributed by atoms with E-state index in [0.717, 1.165) is 63.0 Å². The SMILES string of the molecule is CCCc1nc(CCCc2ccccc2-c2nc(CCCc3ccccc3)cn2C)c(C)[nH]1. The van der Waals surface area contributed by atoms with Crippen LogP contribution in [0.1, 0.15) is 60.2 Å². The number of aromatic amines is 1. The largest absolute Gasteiger partial charge is 0.346 e. The summed E-state index contributed by atoms with van der Waals surface area (Å²) in [6.07, 6.45) is 10.7. The van der Waals surface area contributed by atoms with Gasteiger partial charge < -0.3 is 9.55 Å². The first-order chi connectivity index (χ1) is 16.1. The molecule has 4 rings (SSSR count). The van der Waals surface area contributed by atoms with E-state index in [2.05, 4.69) is 91.2 Å². The second-order valence-electron chi connectivity index (χ2n) is 9.02. The van der Waals surface area contributed by atoms with Crippen molar-refractivity contribution in [3.05, 3.63) is 94.8 Å². The summed E-state index contributed by atoms with van der Waals surface area (Å²) in [7, 11) is 2.11. The topological polar surface area (TPSA) is 46.5 Å². The average Bonchev–Trinajstić information content (AvgIpc) is 3.36. The second kappa shape index (κ2) is 11.1. The number of nitrogens with one attached hydrogen (secondary N) is 1. The lowest BCUT2D eigenvalue weighted by molar-refractivity contribution is 0.789. The van der Waals surface area contributed by atoms with Gasteiger partial charge in [0.1, 0.15) is 11.6 Å². The molecule has 0 fully saturated rings. The van der Waals surface area contributed by atoms with E-state index in [1.165, 1.54) is 33.8 Å². The van der Waals surface area contributed by atoms with Crippen molar-refractivity contribution < 1.29 is 0 Å². The number of rotatable bonds is 11. The molecule has 2 aromatic heterocycles. The minimum absolute atomic E-state index is 1.00. The summed E-state index contributed by atoms with van der Waals surface area (Å²) >= 11 is 0. The minimum atomic E-state index is 1.00. The third-order valence-electron chi connectivity index (χ3n) is 6.31. The van der Waals surface area contributed by atoms with Gasteiger partial charge >= 0.3 is 0 Å². The van der Waals surface area contributed by atoms with Crippen LogP contribution in [0.4, 0.5) is 0 Å². The van der Waals surface area contributed by atoms with Gasteiger partial charge in [-0.25, -0.2) is 9.97 Å². The van der Waals surface area contributed by atoms with Crippen LogP contribution in [-0.2, 0) is 39.2 Å². The Morgan fingerprint density at radius 2 is 1.58 bits per heavy atom. The number of hydrogen-bond donors (Lipinski definition) is 1. The zero-order valence-corrected chi connectivity index (χ0v) is 20.3. The Kier molecular flexibility index (Phi) is 7.77. The molecule has 0 aliphatic rings. The second-order valence-corrected chi connectivity index (χ2v) is 9.02. The molecule has 0 saturated heterocycles. The van der Waals surface area contributed by atoms with Crippen LogP contribution >= 0.6 is 0 Å². The molecule has 0 spiro atoms. The Hall–Kier alpha value is -3.14. The van der Waals surface area contributed by atoms with Gasteiger partial charge in [0.15, 0.2) is 0 Å². The fourth-order valence-electron chi connectivity index (χ4n) is 4.58. The smallest absolute Gasteiger partial charge is 0.140 e. The maximum atomic E-state index is 5.02. The van der Waals surface area contributed by atoms with Crippen molar-refractivity contribution in [3.8, 4) is 11.4 Å². The van der Waals surface area contributed by atoms with E-state index in [1.54, 1.807) is 0 Å². The highest BCUT2D eigenvalue weighted by Crippen LogP contribution is 2.25. The van der Waals surface area contributed by atoms with Gasteiger partial charge in [-0.3, -0.25) is 0 Å². The molecular weight excluding hydrogens is 404 g/mol. The van der Waals surface area contributed by atoms with Gasteiger partial charge in [0.05, 0.1) is 11.4 Å². The van der Waals surface area contributed by atoms with Crippen LogP contribution in [0.3, 0.4) is 0 Å². The minimum Gasteiger partial charge on any atom is -0.346 e. The first-order valence-corrected chi connectivity index (χ1v) is 12.3. The fourth-order valence-corrected chi connectivity index (χ4v) is 4.58. The molecule has 0 unspecified atom stereocenters. The van der Waals surface area contributed by atoms with E-state index in [1.807, 2.05) is 0 Å². The van der Waals surface area contributed by atoms with Crippen LogP contribution in [0.5, 0.6) is 0 Å². The van der Waals surface area contributed by atoms with Crippen molar-refractivity contribution in [3.63, 3.8) is 0 Å². The van der Waals surface area contributed by atoms with Gasteiger partial charge in [0.25, 0.3) is 0 Å². The molecule has 2 heterocycles. The van der Waals surface area contributed by atoms with Crippen molar-refractivity contribution in [2.24, 2.45) is 7.05 Å². The summed E-state index contributed by atoms with van der Waals surface area (Å²) < 4.78 is 2.19. The molecule has 0 saturated carbocycles. The lowest BCUT2D eigenvalue weighted by Crippen LogP contribution is -1.98. The number of benzene rings is 2. The molecule has 0 atom stereocenters. The van der Waals surface area contributed by atoms with Crippen molar-refractivity contribution in [2.45, 2.75) is 65.2 Å². The molecule has 0 radical (unpaired) electrons. The van der Waals surface area contributed by atoms with E-state index in [0.29, 0.717) is 0 Å². The summed E-state index contributed by atoms with van der Waals surface area (Å²) in [6, 6.07) is 19.4. The number of H-pyrrole nitrogens is 1. The number of aryl methyl sites for hydroxylation is 7. The number of imidazole rings is 2. The first kappa shape index (κ1) is 23.0. The summed E-state index contributed by atoms with van der Waals surface area (Å²) in [4.78, 5) is 13.3. The van der Waals surface area contributed by atoms with E-state index in [9.17, 15) is 0 Å². The third-order valence-corrected chi connectivity index (χ3v) is 6.31. The van der Waals surface area contributed by atoms with Crippen LogP contribution in [0, 0.1) is 6.92 Å². The van der Waals surface area contributed by atoms with Gasteiger partial charge in [-0.05, 0) is 63.0 Å². The summed E-state index contributed by atoms with van der Waals surface area (Å²) in [5.74, 6) is 2.19. The molecule has 0 aliphatic carbocycles. The molecule has 0 aliphatic heterocycles. The van der Waals surface area contributed by atoms with Gasteiger partial charge in [0.2, 0.25) is 0 Å². The maximum Gasteiger partial charge on any atom is 0.140 e. The van der Waals surface area contributed by atoms with E-state index >= 15 is 0 Å². The summed E-state index contributed by atoms with van der Waals surface area (Å²) in [6.45, 7) is 4.34. The van der Waals surface area contributed by atoms with Gasteiger partial charge in [-0.2, -0.15) is 0 Å². The van der Waals surface area contributed by atoms with Gasteiger partial charge in [-0.15, -0.1) is 0 Å². The van der Waals surface area contributed by atoms with Crippen LogP contribution in [0.2, 0.25) is 0 Å². The Morgan fingerprint density at radius 3 is 2.39 bits per heavy atom. The maximum absolute atomic E-state index is 5.02. The van der Waals surface area contributed by atoms with E-state index < -0.39 is 0 Å². The normalized spacial score (nSPS) is 11.2. The quantitative estimate of drug-likeness (QED) is 0.292. The number of aromatic nitrogens is 4. The molecule has 2 aromatic carbocycles. The lowest BCUT2D eigenvalue weighted by atomic mass is 10.0. The molecule has 172 valence electrons. The van der Waals surface area contributed by atoms with Crippen molar-refractivity contribution in [2.75, 3.05) is 0 Å². The Balaban J connectivity index is 1.39. The van der Waals surface area contributed by atoms with E-state index in [-0.39, 0.29) is 0 Å². The van der Waals surface area contributed by atoms with Gasteiger partial charge in [-0.1, -0.05) is 61.5 Å². The van der Waals surface area contributed by atoms with Crippen LogP contribution in [-0.4, -0.2) is 19.5 Å². The fraction of sp³-hybridized carbons (Fsp3) is 0.379. The van der Waals surface area contributed by atoms with Crippen LogP contribution < -0.4 is 0 Å². The van der Waals surface area contributed by atoms with Gasteiger partial charge in [0, 0.05) is 30.9 Å². The van der Waals surface area contributed by atoms with Crippen molar-refractivity contribution in [1.82, 2.24) is 19.5 Å². The van der Waals surface area contributed by atoms with E-state index in [4.69, 9.17) is 9.97 Å². The van der Waals surface area contributed by atoms with Crippen molar-refractivity contribution in [1.29, 1.82) is 0 Å². The highest BCUT2D eigenvalue weighted by Gasteiger charge is 2.13. The number of nitrogens with zero attached hydrogens (tertiary/aromatic N) is 3. The molecule has 4 nitrogen and oxygen atoms in total. The predicted molar refractivity (Wildman–Crippen MR) is 136 cm³/mol. The Morgan fingerprint density at radius 1 is 0.818 bits per heavy atom. The molecule has 33 heavy (non-hydrogen) atoms. The third kappa shape index (κ3) is 6.01. The Labute approximate surface area is 198 Å². The zero-order chi connectivity index (χ0) is 23.0. The predicted octanol–water partition coefficient (Wildman–Crippen LogP) is 6.42. The summed E-state index contributed by atoms with van der Waals surface area (Å²) in [5.41, 5.74) is 7.62. The number of hydrogen-bond acceptors (Lipinski definition) is 2. The van der Waals surface area contributed by atoms with Crippen LogP contribution in [0.25, 0.3) is 11.4 Å². The monoisotopic (exact) mass is 440 g/mol. The van der Waals surface area contributed by atoms with Crippen molar-refractivity contribution >= 4 is 0 Å². The standard InChI is InChI=1S/C29H36N4/c1-4-12-28-30-22(2)27(32-28)20-11-17-24-16-8-9-19-26(24)29-31-25(21-33(29)3)18-10-15-23-13-6-5-7-14-23/h5-9,13-14,16,19,21H,4,10-12,15,17-18,20H2,1-3H3,(H,30,32). The lowest BCUT2D eigenvalue weighted by Gasteiger charge is -2.09. The summed E-state index contributed by atoms with van der Waals surface area (Å²) in [5, 5.41) is 0. The Bertz CT molecular complexity index is 1150. The molecule has 0 amide bonds. The average molecular weight is 441 g/mol. The molecule has 1 N–H and O–H groups in total. The zero-order valence-electron chi connectivity index (χ0n) is 20.3. The molecule has 4 heteroatoms. The molecular formula is C29H36N4. The highest BCUT2D eigenvalue weighted by molar-refractivity contribution is 5.61.